The quantitative estimate of drug-likeness (QED) is 0.254. The summed E-state index contributed by atoms with van der Waals surface area (Å²) in [4.78, 5) is 30.6. The van der Waals surface area contributed by atoms with E-state index in [0.29, 0.717) is 23.1 Å². The van der Waals surface area contributed by atoms with Crippen molar-refractivity contribution in [1.82, 2.24) is 20.3 Å². The molecule has 0 fully saturated rings. The van der Waals surface area contributed by atoms with Crippen molar-refractivity contribution >= 4 is 29.4 Å². The molecule has 2 heterocycles. The van der Waals surface area contributed by atoms with Gasteiger partial charge in [0.1, 0.15) is 4.88 Å². The average Bonchev–Trinajstić information content (AvgIpc) is 3.38. The summed E-state index contributed by atoms with van der Waals surface area (Å²) in [6.07, 6.45) is 6.17. The van der Waals surface area contributed by atoms with Crippen LogP contribution < -0.4 is 22.1 Å². The molecule has 0 aliphatic carbocycles. The minimum absolute atomic E-state index is 0.0871. The number of aliphatic imine (C=N–C) groups is 1. The average molecular weight is 523 g/mol. The Bertz CT molecular complexity index is 1280. The van der Waals surface area contributed by atoms with Crippen molar-refractivity contribution in [2.24, 2.45) is 16.5 Å². The van der Waals surface area contributed by atoms with Gasteiger partial charge in [0.2, 0.25) is 5.95 Å². The highest BCUT2D eigenvalue weighted by molar-refractivity contribution is 7.13. The molecule has 10 nitrogen and oxygen atoms in total. The van der Waals surface area contributed by atoms with Crippen LogP contribution in [0.5, 0.6) is 0 Å². The van der Waals surface area contributed by atoms with E-state index < -0.39 is 6.04 Å². The summed E-state index contributed by atoms with van der Waals surface area (Å²) in [7, 11) is 0. The summed E-state index contributed by atoms with van der Waals surface area (Å²) in [6.45, 7) is 8.77. The first-order valence-electron chi connectivity index (χ1n) is 11.8. The fraction of sp³-hybridized carbons (Fsp3) is 0.346. The smallest absolute Gasteiger partial charge is 0.263 e. The summed E-state index contributed by atoms with van der Waals surface area (Å²) >= 11 is 1.42. The monoisotopic (exact) mass is 522 g/mol. The first kappa shape index (κ1) is 27.9. The third-order valence-corrected chi connectivity index (χ3v) is 6.77. The zero-order valence-electron chi connectivity index (χ0n) is 21.5. The lowest BCUT2D eigenvalue weighted by Gasteiger charge is -2.13. The van der Waals surface area contributed by atoms with Gasteiger partial charge in [0.05, 0.1) is 35.7 Å². The fourth-order valence-electron chi connectivity index (χ4n) is 3.21. The minimum atomic E-state index is -0.427. The van der Waals surface area contributed by atoms with Crippen LogP contribution >= 0.6 is 11.3 Å². The van der Waals surface area contributed by atoms with Gasteiger partial charge in [-0.1, -0.05) is 32.9 Å². The van der Waals surface area contributed by atoms with Crippen LogP contribution in [0.3, 0.4) is 0 Å². The van der Waals surface area contributed by atoms with Crippen molar-refractivity contribution < 1.29 is 9.90 Å². The van der Waals surface area contributed by atoms with Crippen LogP contribution in [0.15, 0.2) is 53.5 Å². The van der Waals surface area contributed by atoms with E-state index in [9.17, 15) is 4.79 Å². The largest absolute Gasteiger partial charge is 0.403 e. The van der Waals surface area contributed by atoms with Crippen molar-refractivity contribution in [3.8, 4) is 11.3 Å². The molecule has 1 amide bonds. The normalized spacial score (nSPS) is 13.1. The molecule has 3 rings (SSSR count). The molecule has 7 N–H and O–H groups in total. The van der Waals surface area contributed by atoms with Crippen LogP contribution in [0.4, 0.5) is 5.95 Å². The Kier molecular flexibility index (Phi) is 9.45. The van der Waals surface area contributed by atoms with E-state index >= 15 is 0 Å². The lowest BCUT2D eigenvalue weighted by molar-refractivity contribution is 0.0954. The summed E-state index contributed by atoms with van der Waals surface area (Å²) in [5, 5.41) is 15.9. The van der Waals surface area contributed by atoms with Crippen LogP contribution in [-0.4, -0.2) is 51.4 Å². The zero-order valence-corrected chi connectivity index (χ0v) is 22.3. The number of aliphatic hydroxyl groups excluding tert-OH is 1. The number of nitrogens with two attached hydrogens (primary N) is 2. The van der Waals surface area contributed by atoms with E-state index in [2.05, 4.69) is 51.3 Å². The van der Waals surface area contributed by atoms with Crippen molar-refractivity contribution in [2.75, 3.05) is 18.5 Å². The molecule has 196 valence electrons. The maximum atomic E-state index is 12.6. The molecule has 0 radical (unpaired) electrons. The number of benzene rings is 1. The summed E-state index contributed by atoms with van der Waals surface area (Å²) < 4.78 is 0. The number of aryl methyl sites for hydroxylation is 1. The number of aromatic nitrogens is 3. The Morgan fingerprint density at radius 3 is 2.70 bits per heavy atom. The molecule has 0 spiro atoms. The van der Waals surface area contributed by atoms with Crippen LogP contribution in [0.2, 0.25) is 0 Å². The van der Waals surface area contributed by atoms with E-state index in [0.717, 1.165) is 27.4 Å². The predicted molar refractivity (Wildman–Crippen MR) is 149 cm³/mol. The summed E-state index contributed by atoms with van der Waals surface area (Å²) in [5.41, 5.74) is 15.4. The van der Waals surface area contributed by atoms with Gasteiger partial charge in [-0.2, -0.15) is 0 Å². The second kappa shape index (κ2) is 12.5. The van der Waals surface area contributed by atoms with Gasteiger partial charge in [0.15, 0.2) is 0 Å². The topological polar surface area (TPSA) is 164 Å². The molecule has 0 aliphatic rings. The number of carbonyl (C=O) groups is 1. The Labute approximate surface area is 221 Å². The molecular formula is C26H34N8O2S. The number of carbonyl (C=O) groups excluding carboxylic acids is 1. The second-order valence-corrected chi connectivity index (χ2v) is 10.6. The molecule has 0 unspecified atom stereocenters. The molecule has 1 atom stereocenters. The van der Waals surface area contributed by atoms with Gasteiger partial charge in [-0.25, -0.2) is 15.0 Å². The molecule has 0 saturated heterocycles. The minimum Gasteiger partial charge on any atom is -0.403 e. The van der Waals surface area contributed by atoms with Gasteiger partial charge in [-0.05, 0) is 30.2 Å². The molecule has 0 bridgehead atoms. The highest BCUT2D eigenvalue weighted by Gasteiger charge is 2.20. The molecule has 3 aromatic rings. The second-order valence-electron chi connectivity index (χ2n) is 9.55. The SMILES string of the molecule is Cc1cc(-c2ccnc(N/C(C=NC[C@H](N)CO)=C/N)n2)ccc1CNC(=O)c1cnc(C(C)(C)C)s1. The number of allylic oxidation sites excluding steroid dienone is 1. The van der Waals surface area contributed by atoms with Gasteiger partial charge in [-0.15, -0.1) is 11.3 Å². The van der Waals surface area contributed by atoms with E-state index in [4.69, 9.17) is 16.6 Å². The third kappa shape index (κ3) is 7.91. The number of aliphatic hydroxyl groups is 1. The third-order valence-electron chi connectivity index (χ3n) is 5.34. The maximum Gasteiger partial charge on any atom is 0.263 e. The van der Waals surface area contributed by atoms with Gasteiger partial charge >= 0.3 is 0 Å². The Morgan fingerprint density at radius 1 is 1.27 bits per heavy atom. The highest BCUT2D eigenvalue weighted by Crippen LogP contribution is 2.27. The van der Waals surface area contributed by atoms with Crippen LogP contribution in [0.25, 0.3) is 11.3 Å². The van der Waals surface area contributed by atoms with Crippen LogP contribution in [0, 0.1) is 6.92 Å². The molecule has 0 aliphatic heterocycles. The van der Waals surface area contributed by atoms with E-state index in [1.54, 1.807) is 12.4 Å². The number of anilines is 1. The van der Waals surface area contributed by atoms with Crippen LogP contribution in [0.1, 0.15) is 46.6 Å². The predicted octanol–water partition coefficient (Wildman–Crippen LogP) is 2.74. The zero-order chi connectivity index (χ0) is 27.0. The number of hydrogen-bond acceptors (Lipinski definition) is 10. The number of rotatable bonds is 10. The van der Waals surface area contributed by atoms with Crippen molar-refractivity contribution in [1.29, 1.82) is 0 Å². The van der Waals surface area contributed by atoms with E-state index in [1.807, 2.05) is 31.2 Å². The van der Waals surface area contributed by atoms with Gasteiger partial charge in [0.25, 0.3) is 5.91 Å². The van der Waals surface area contributed by atoms with E-state index in [1.165, 1.54) is 23.8 Å². The lowest BCUT2D eigenvalue weighted by atomic mass is 9.98. The van der Waals surface area contributed by atoms with Crippen molar-refractivity contribution in [2.45, 2.75) is 45.7 Å². The lowest BCUT2D eigenvalue weighted by Crippen LogP contribution is -2.27. The molecule has 2 aromatic heterocycles. The van der Waals surface area contributed by atoms with Gasteiger partial charge < -0.3 is 27.2 Å². The summed E-state index contributed by atoms with van der Waals surface area (Å²) in [6, 6.07) is 7.36. The number of nitrogens with zero attached hydrogens (tertiary/aromatic N) is 4. The first-order valence-corrected chi connectivity index (χ1v) is 12.6. The Hall–Kier alpha value is -3.67. The van der Waals surface area contributed by atoms with E-state index in [-0.39, 0.29) is 24.5 Å². The van der Waals surface area contributed by atoms with Crippen LogP contribution in [-0.2, 0) is 12.0 Å². The standard InChI is InChI=1S/C26H34N8O2S/c1-16-9-17(5-6-18(16)11-31-23(36)22-14-32-24(37-22)26(2,3)4)21-7-8-30-25(34-21)33-20(10-27)13-29-12-19(28)15-35/h5-10,13-14,19,35H,11-12,15,27-28H2,1-4H3,(H,31,36)(H,30,33,34)/b20-10+,29-13?/t19-/m0/s1. The molecule has 0 saturated carbocycles. The van der Waals surface area contributed by atoms with Crippen molar-refractivity contribution in [3.63, 3.8) is 0 Å². The fourth-order valence-corrected chi connectivity index (χ4v) is 4.10. The molecule has 11 heteroatoms. The first-order chi connectivity index (χ1) is 17.6. The number of amides is 1. The molecule has 37 heavy (non-hydrogen) atoms. The van der Waals surface area contributed by atoms with Gasteiger partial charge in [0, 0.05) is 42.2 Å². The van der Waals surface area contributed by atoms with Gasteiger partial charge in [-0.3, -0.25) is 9.79 Å². The molecular weight excluding hydrogens is 488 g/mol. The number of hydrogen-bond donors (Lipinski definition) is 5. The van der Waals surface area contributed by atoms with Crippen molar-refractivity contribution in [3.05, 3.63) is 69.6 Å². The number of thiazole rings is 1. The maximum absolute atomic E-state index is 12.6. The summed E-state index contributed by atoms with van der Waals surface area (Å²) in [5.74, 6) is 0.230. The Morgan fingerprint density at radius 2 is 2.05 bits per heavy atom. The molecule has 1 aromatic carbocycles. The number of nitrogens with one attached hydrogen (secondary N) is 2. The highest BCUT2D eigenvalue weighted by atomic mass is 32.1. The Balaban J connectivity index is 1.65.